The molecule has 7 nitrogen and oxygen atoms in total. The molecule has 4 N–H and O–H groups in total. The van der Waals surface area contributed by atoms with Crippen molar-refractivity contribution in [3.05, 3.63) is 71.8 Å². The molecule has 1 aliphatic carbocycles. The molecular weight excluding hydrogens is 434 g/mol. The third-order valence-corrected chi connectivity index (χ3v) is 7.10. The van der Waals surface area contributed by atoms with Gasteiger partial charge in [0.1, 0.15) is 22.5 Å². The Morgan fingerprint density at radius 3 is 2.48 bits per heavy atom. The van der Waals surface area contributed by atoms with Crippen molar-refractivity contribution in [2.24, 2.45) is 5.84 Å². The fourth-order valence-corrected chi connectivity index (χ4v) is 5.29. The second kappa shape index (κ2) is 9.25. The first-order valence-corrected chi connectivity index (χ1v) is 11.9. The number of hydrazine groups is 1. The topological polar surface area (TPSA) is 106 Å². The number of nitrogens with two attached hydrogens (primary N) is 1. The molecule has 3 aromatic carbocycles. The zero-order valence-corrected chi connectivity index (χ0v) is 18.9. The van der Waals surface area contributed by atoms with Crippen LogP contribution in [0.5, 0.6) is 5.75 Å². The maximum atomic E-state index is 12.4. The van der Waals surface area contributed by atoms with Gasteiger partial charge >= 0.3 is 0 Å². The molecule has 8 heteroatoms. The van der Waals surface area contributed by atoms with Crippen molar-refractivity contribution in [3.8, 4) is 11.4 Å². The summed E-state index contributed by atoms with van der Waals surface area (Å²) in [5.41, 5.74) is 5.13. The number of phenolic OH excluding ortho intramolecular Hbond substituents is 1. The van der Waals surface area contributed by atoms with Gasteiger partial charge in [0.25, 0.3) is 5.91 Å². The number of nitrogens with one attached hydrogen (secondary N) is 1. The highest BCUT2D eigenvalue weighted by Gasteiger charge is 2.24. The van der Waals surface area contributed by atoms with E-state index in [2.05, 4.69) is 27.8 Å². The Morgan fingerprint density at radius 1 is 0.970 bits per heavy atom. The lowest BCUT2D eigenvalue weighted by Gasteiger charge is -2.24. The zero-order chi connectivity index (χ0) is 22.8. The molecule has 1 saturated carbocycles. The van der Waals surface area contributed by atoms with Crippen LogP contribution in [0.2, 0.25) is 0 Å². The Labute approximate surface area is 196 Å². The van der Waals surface area contributed by atoms with Crippen LogP contribution < -0.4 is 11.3 Å². The van der Waals surface area contributed by atoms with E-state index >= 15 is 0 Å². The van der Waals surface area contributed by atoms with Crippen LogP contribution >= 0.6 is 11.8 Å². The number of benzene rings is 3. The zero-order valence-electron chi connectivity index (χ0n) is 18.1. The van der Waals surface area contributed by atoms with Crippen molar-refractivity contribution in [2.75, 3.05) is 0 Å². The van der Waals surface area contributed by atoms with E-state index in [9.17, 15) is 9.90 Å². The average molecular weight is 460 g/mol. The minimum atomic E-state index is -0.411. The molecule has 0 spiro atoms. The number of hydrogen-bond acceptors (Lipinski definition) is 6. The van der Waals surface area contributed by atoms with E-state index in [0.29, 0.717) is 22.3 Å². The number of carbonyl (C=O) groups excluding carboxylic acids is 1. The third-order valence-electron chi connectivity index (χ3n) is 6.10. The summed E-state index contributed by atoms with van der Waals surface area (Å²) in [6, 6.07) is 19.4. The summed E-state index contributed by atoms with van der Waals surface area (Å²) in [7, 11) is 0. The molecule has 0 atom stereocenters. The molecule has 1 aliphatic rings. The predicted molar refractivity (Wildman–Crippen MR) is 129 cm³/mol. The number of aromatic hydroxyl groups is 1. The molecule has 4 aromatic rings. The molecule has 0 aliphatic heterocycles. The number of aromatic nitrogens is 3. The van der Waals surface area contributed by atoms with Crippen LogP contribution in [-0.4, -0.2) is 26.0 Å². The molecule has 1 aromatic heterocycles. The predicted octanol–water partition coefficient (Wildman–Crippen LogP) is 4.93. The number of rotatable bonds is 5. The lowest BCUT2D eigenvalue weighted by Crippen LogP contribution is -2.30. The lowest BCUT2D eigenvalue weighted by molar-refractivity contribution is 0.0953. The Kier molecular flexibility index (Phi) is 6.02. The van der Waals surface area contributed by atoms with E-state index in [1.807, 2.05) is 36.4 Å². The van der Waals surface area contributed by atoms with Crippen molar-refractivity contribution >= 4 is 28.7 Å². The summed E-state index contributed by atoms with van der Waals surface area (Å²) < 4.78 is 0. The van der Waals surface area contributed by atoms with Gasteiger partial charge in [0, 0.05) is 20.9 Å². The number of amides is 1. The molecule has 0 saturated heterocycles. The van der Waals surface area contributed by atoms with Gasteiger partial charge in [-0.25, -0.2) is 5.84 Å². The van der Waals surface area contributed by atoms with Crippen molar-refractivity contribution in [3.63, 3.8) is 0 Å². The molecule has 168 valence electrons. The van der Waals surface area contributed by atoms with Crippen LogP contribution in [0, 0.1) is 0 Å². The summed E-state index contributed by atoms with van der Waals surface area (Å²) in [6.45, 7) is 0. The van der Waals surface area contributed by atoms with Crippen LogP contribution in [0.3, 0.4) is 0 Å². The van der Waals surface area contributed by atoms with E-state index in [1.54, 1.807) is 23.9 Å². The van der Waals surface area contributed by atoms with Gasteiger partial charge < -0.3 is 5.11 Å². The van der Waals surface area contributed by atoms with Gasteiger partial charge in [-0.1, -0.05) is 49.2 Å². The monoisotopic (exact) mass is 459 g/mol. The first kappa shape index (κ1) is 21.5. The van der Waals surface area contributed by atoms with Gasteiger partial charge in [-0.15, -0.1) is 15.0 Å². The Hall–Kier alpha value is -3.36. The molecule has 1 fully saturated rings. The minimum Gasteiger partial charge on any atom is -0.505 e. The summed E-state index contributed by atoms with van der Waals surface area (Å²) in [6.07, 6.45) is 5.38. The number of phenols is 1. The van der Waals surface area contributed by atoms with Crippen molar-refractivity contribution < 1.29 is 9.90 Å². The van der Waals surface area contributed by atoms with E-state index in [4.69, 9.17) is 5.84 Å². The highest BCUT2D eigenvalue weighted by molar-refractivity contribution is 7.99. The maximum Gasteiger partial charge on any atom is 0.265 e. The standard InChI is InChI=1S/C25H25N5O2S/c26-27-25(32)17-13-20(16-7-3-1-4-8-16)24(31)23(14-17)30-28-21-12-11-19(15-22(21)29-30)33-18-9-5-2-6-10-18/h2,5-6,9-16,31H,1,3-4,7-8,26H2,(H,27,32). The van der Waals surface area contributed by atoms with Gasteiger partial charge in [0.05, 0.1) is 0 Å². The number of hydrogen-bond donors (Lipinski definition) is 3. The first-order chi connectivity index (χ1) is 16.1. The van der Waals surface area contributed by atoms with Crippen LogP contribution in [0.1, 0.15) is 53.9 Å². The van der Waals surface area contributed by atoms with Crippen LogP contribution in [0.15, 0.2) is 70.5 Å². The first-order valence-electron chi connectivity index (χ1n) is 11.1. The average Bonchev–Trinajstić information content (AvgIpc) is 3.28. The normalized spacial score (nSPS) is 14.5. The minimum absolute atomic E-state index is 0.120. The second-order valence-electron chi connectivity index (χ2n) is 8.30. The van der Waals surface area contributed by atoms with Gasteiger partial charge in [-0.3, -0.25) is 10.2 Å². The largest absolute Gasteiger partial charge is 0.505 e. The SMILES string of the molecule is NNC(=O)c1cc(C2CCCCC2)c(O)c(-n2nc3ccc(Sc4ccccc4)cc3n2)c1. The highest BCUT2D eigenvalue weighted by Crippen LogP contribution is 2.40. The molecule has 33 heavy (non-hydrogen) atoms. The second-order valence-corrected chi connectivity index (χ2v) is 9.44. The van der Waals surface area contributed by atoms with Crippen LogP contribution in [0.4, 0.5) is 0 Å². The Balaban J connectivity index is 1.55. The van der Waals surface area contributed by atoms with Crippen molar-refractivity contribution in [1.29, 1.82) is 0 Å². The van der Waals surface area contributed by atoms with E-state index in [0.717, 1.165) is 41.0 Å². The fraction of sp³-hybridized carbons (Fsp3) is 0.240. The van der Waals surface area contributed by atoms with Crippen molar-refractivity contribution in [2.45, 2.75) is 47.8 Å². The summed E-state index contributed by atoms with van der Waals surface area (Å²) >= 11 is 1.65. The number of fused-ring (bicyclic) bond motifs is 1. The highest BCUT2D eigenvalue weighted by atomic mass is 32.2. The maximum absolute atomic E-state index is 12.4. The molecule has 5 rings (SSSR count). The fourth-order valence-electron chi connectivity index (χ4n) is 4.42. The molecular formula is C25H25N5O2S. The molecule has 0 bridgehead atoms. The molecule has 1 heterocycles. The van der Waals surface area contributed by atoms with Gasteiger partial charge in [-0.2, -0.15) is 0 Å². The van der Waals surface area contributed by atoms with Crippen LogP contribution in [-0.2, 0) is 0 Å². The molecule has 0 unspecified atom stereocenters. The van der Waals surface area contributed by atoms with Crippen LogP contribution in [0.25, 0.3) is 16.7 Å². The third kappa shape index (κ3) is 4.44. The lowest BCUT2D eigenvalue weighted by atomic mass is 9.83. The van der Waals surface area contributed by atoms with Gasteiger partial charge in [0.15, 0.2) is 0 Å². The summed E-state index contributed by atoms with van der Waals surface area (Å²) in [4.78, 5) is 16.0. The van der Waals surface area contributed by atoms with Gasteiger partial charge in [0.2, 0.25) is 0 Å². The smallest absolute Gasteiger partial charge is 0.265 e. The Bertz CT molecular complexity index is 1300. The number of nitrogen functional groups attached to an aromatic ring is 1. The molecule has 0 radical (unpaired) electrons. The van der Waals surface area contributed by atoms with E-state index < -0.39 is 5.91 Å². The Morgan fingerprint density at radius 2 is 1.73 bits per heavy atom. The number of carbonyl (C=O) groups is 1. The summed E-state index contributed by atoms with van der Waals surface area (Å²) in [5, 5.41) is 20.4. The number of nitrogens with zero attached hydrogens (tertiary/aromatic N) is 3. The molecule has 1 amide bonds. The van der Waals surface area contributed by atoms with E-state index in [1.165, 1.54) is 11.2 Å². The quantitative estimate of drug-likeness (QED) is 0.222. The van der Waals surface area contributed by atoms with Crippen molar-refractivity contribution in [1.82, 2.24) is 20.4 Å². The van der Waals surface area contributed by atoms with Gasteiger partial charge in [-0.05, 0) is 61.2 Å². The van der Waals surface area contributed by atoms with E-state index in [-0.39, 0.29) is 11.7 Å². The summed E-state index contributed by atoms with van der Waals surface area (Å²) in [5.74, 6) is 5.30.